The first-order valence-corrected chi connectivity index (χ1v) is 11.2. The average molecular weight is 471 g/mol. The number of carbonyl (C=O) groups excluding carboxylic acids is 1. The van der Waals surface area contributed by atoms with Gasteiger partial charge in [-0.3, -0.25) is 14.9 Å². The van der Waals surface area contributed by atoms with Crippen LogP contribution in [-0.4, -0.2) is 28.6 Å². The highest BCUT2D eigenvalue weighted by molar-refractivity contribution is 7.22. The van der Waals surface area contributed by atoms with E-state index in [-0.39, 0.29) is 23.8 Å². The fourth-order valence-electron chi connectivity index (χ4n) is 3.74. The van der Waals surface area contributed by atoms with Gasteiger partial charge in [0.1, 0.15) is 23.3 Å². The smallest absolute Gasteiger partial charge is 0.311 e. The molecular formula is C25H17N3O5S. The van der Waals surface area contributed by atoms with Crippen LogP contribution >= 0.6 is 11.3 Å². The summed E-state index contributed by atoms with van der Waals surface area (Å²) in [7, 11) is 0. The van der Waals surface area contributed by atoms with Crippen LogP contribution in [0.5, 0.6) is 17.2 Å². The number of amides is 1. The molecule has 168 valence electrons. The Balaban J connectivity index is 1.33. The largest absolute Gasteiger partial charge is 0.493 e. The van der Waals surface area contributed by atoms with E-state index in [0.717, 1.165) is 10.2 Å². The first kappa shape index (κ1) is 21.4. The molecule has 5 rings (SSSR count). The maximum absolute atomic E-state index is 12.6. The van der Waals surface area contributed by atoms with Gasteiger partial charge in [-0.1, -0.05) is 23.5 Å². The number of rotatable bonds is 5. The number of para-hydroxylation sites is 1. The Bertz CT molecular complexity index is 1420. The molecule has 0 spiro atoms. The highest BCUT2D eigenvalue weighted by atomic mass is 32.1. The van der Waals surface area contributed by atoms with E-state index >= 15 is 0 Å². The van der Waals surface area contributed by atoms with Crippen molar-refractivity contribution in [3.05, 3.63) is 77.4 Å². The number of thiazole rings is 1. The van der Waals surface area contributed by atoms with Crippen molar-refractivity contribution in [2.75, 3.05) is 11.9 Å². The van der Waals surface area contributed by atoms with Gasteiger partial charge in [0.15, 0.2) is 5.13 Å². The lowest BCUT2D eigenvalue weighted by atomic mass is 9.91. The van der Waals surface area contributed by atoms with Gasteiger partial charge in [0.2, 0.25) is 0 Å². The molecule has 0 saturated carbocycles. The van der Waals surface area contributed by atoms with Gasteiger partial charge < -0.3 is 14.6 Å². The minimum atomic E-state index is -0.957. The molecule has 8 nitrogen and oxygen atoms in total. The number of ether oxygens (including phenoxy) is 2. The number of nitrogens with one attached hydrogen (secondary N) is 1. The number of carboxylic acid groups (broad SMARTS) is 1. The first-order valence-electron chi connectivity index (χ1n) is 10.4. The SMILES string of the molecule is N#Cc1cc2c(cc1Oc1ccc(C(=O)Nc3nc4ccccc4s3)cc1)OCCC2C(=O)O. The second-order valence-electron chi connectivity index (χ2n) is 7.59. The van der Waals surface area contributed by atoms with E-state index in [1.165, 1.54) is 23.5 Å². The lowest BCUT2D eigenvalue weighted by molar-refractivity contribution is -0.139. The fraction of sp³-hybridized carbons (Fsp3) is 0.120. The highest BCUT2D eigenvalue weighted by Gasteiger charge is 2.29. The molecule has 2 heterocycles. The van der Waals surface area contributed by atoms with E-state index in [2.05, 4.69) is 10.3 Å². The monoisotopic (exact) mass is 471 g/mol. The van der Waals surface area contributed by atoms with Crippen molar-refractivity contribution >= 4 is 38.6 Å². The molecule has 0 aliphatic carbocycles. The number of carbonyl (C=O) groups is 2. The Labute approximate surface area is 198 Å². The molecule has 2 N–H and O–H groups in total. The number of nitrogens with zero attached hydrogens (tertiary/aromatic N) is 2. The first-order chi connectivity index (χ1) is 16.5. The lowest BCUT2D eigenvalue weighted by Gasteiger charge is -2.24. The summed E-state index contributed by atoms with van der Waals surface area (Å²) in [6, 6.07) is 19.2. The van der Waals surface area contributed by atoms with E-state index in [1.54, 1.807) is 24.3 Å². The number of anilines is 1. The molecule has 34 heavy (non-hydrogen) atoms. The molecule has 1 aliphatic rings. The number of aromatic nitrogens is 1. The Morgan fingerprint density at radius 3 is 2.71 bits per heavy atom. The number of aliphatic carboxylic acids is 1. The minimum Gasteiger partial charge on any atom is -0.493 e. The Hall–Kier alpha value is -4.42. The average Bonchev–Trinajstić information content (AvgIpc) is 3.25. The Morgan fingerprint density at radius 2 is 1.97 bits per heavy atom. The number of nitriles is 1. The van der Waals surface area contributed by atoms with E-state index in [4.69, 9.17) is 9.47 Å². The minimum absolute atomic E-state index is 0.202. The van der Waals surface area contributed by atoms with Crippen molar-refractivity contribution < 1.29 is 24.2 Å². The molecule has 1 unspecified atom stereocenters. The summed E-state index contributed by atoms with van der Waals surface area (Å²) in [6.45, 7) is 0.272. The summed E-state index contributed by atoms with van der Waals surface area (Å²) in [6.07, 6.45) is 0.341. The van der Waals surface area contributed by atoms with Crippen LogP contribution in [0.15, 0.2) is 60.7 Å². The van der Waals surface area contributed by atoms with E-state index in [9.17, 15) is 20.0 Å². The molecule has 0 bridgehead atoms. The summed E-state index contributed by atoms with van der Waals surface area (Å²) >= 11 is 1.40. The molecule has 0 fully saturated rings. The Kier molecular flexibility index (Phi) is 5.57. The second-order valence-corrected chi connectivity index (χ2v) is 8.62. The lowest BCUT2D eigenvalue weighted by Crippen LogP contribution is -2.21. The fourth-order valence-corrected chi connectivity index (χ4v) is 4.60. The summed E-state index contributed by atoms with van der Waals surface area (Å²) in [5.74, 6) is -0.929. The predicted octanol–water partition coefficient (Wildman–Crippen LogP) is 5.16. The second kappa shape index (κ2) is 8.84. The number of benzene rings is 3. The van der Waals surface area contributed by atoms with Gasteiger partial charge in [-0.15, -0.1) is 0 Å². The topological polar surface area (TPSA) is 122 Å². The molecule has 1 atom stereocenters. The highest BCUT2D eigenvalue weighted by Crippen LogP contribution is 2.39. The van der Waals surface area contributed by atoms with Crippen LogP contribution in [-0.2, 0) is 4.79 Å². The van der Waals surface area contributed by atoms with Gasteiger partial charge >= 0.3 is 5.97 Å². The third-order valence-corrected chi connectivity index (χ3v) is 6.38. The van der Waals surface area contributed by atoms with Crippen molar-refractivity contribution in [3.8, 4) is 23.3 Å². The zero-order valence-corrected chi connectivity index (χ0v) is 18.5. The van der Waals surface area contributed by atoms with Crippen LogP contribution in [0.25, 0.3) is 10.2 Å². The zero-order chi connectivity index (χ0) is 23.7. The van der Waals surface area contributed by atoms with Crippen LogP contribution in [0.2, 0.25) is 0 Å². The zero-order valence-electron chi connectivity index (χ0n) is 17.6. The number of carboxylic acids is 1. The molecule has 1 amide bonds. The van der Waals surface area contributed by atoms with E-state index in [0.29, 0.717) is 34.2 Å². The van der Waals surface area contributed by atoms with Crippen LogP contribution in [0.3, 0.4) is 0 Å². The van der Waals surface area contributed by atoms with Gasteiger partial charge in [-0.25, -0.2) is 4.98 Å². The number of hydrogen-bond donors (Lipinski definition) is 2. The van der Waals surface area contributed by atoms with Crippen molar-refractivity contribution in [3.63, 3.8) is 0 Å². The third kappa shape index (κ3) is 4.14. The standard InChI is InChI=1S/C25H17N3O5S/c26-13-15-11-18-17(24(30)31)9-10-32-21(18)12-20(15)33-16-7-5-14(6-8-16)23(29)28-25-27-19-3-1-2-4-22(19)34-25/h1-8,11-12,17H,9-10H2,(H,30,31)(H,27,28,29). The third-order valence-electron chi connectivity index (χ3n) is 5.43. The van der Waals surface area contributed by atoms with Crippen LogP contribution in [0, 0.1) is 11.3 Å². The summed E-state index contributed by atoms with van der Waals surface area (Å²) in [5, 5.41) is 22.3. The maximum atomic E-state index is 12.6. The summed E-state index contributed by atoms with van der Waals surface area (Å²) < 4.78 is 12.4. The molecule has 1 aliphatic heterocycles. The van der Waals surface area contributed by atoms with E-state index in [1.807, 2.05) is 30.3 Å². The van der Waals surface area contributed by atoms with Gasteiger partial charge in [0.05, 0.1) is 28.3 Å². The summed E-state index contributed by atoms with van der Waals surface area (Å²) in [4.78, 5) is 28.6. The molecule has 0 radical (unpaired) electrons. The van der Waals surface area contributed by atoms with Crippen molar-refractivity contribution in [2.45, 2.75) is 12.3 Å². The van der Waals surface area contributed by atoms with Crippen molar-refractivity contribution in [1.82, 2.24) is 4.98 Å². The molecular weight excluding hydrogens is 454 g/mol. The van der Waals surface area contributed by atoms with Gasteiger partial charge in [-0.05, 0) is 48.9 Å². The molecule has 1 aromatic heterocycles. The molecule has 4 aromatic rings. The van der Waals surface area contributed by atoms with Gasteiger partial charge in [-0.2, -0.15) is 5.26 Å². The number of fused-ring (bicyclic) bond motifs is 2. The molecule has 9 heteroatoms. The normalized spacial score (nSPS) is 14.5. The quantitative estimate of drug-likeness (QED) is 0.412. The van der Waals surface area contributed by atoms with Crippen LogP contribution in [0.4, 0.5) is 5.13 Å². The maximum Gasteiger partial charge on any atom is 0.311 e. The Morgan fingerprint density at radius 1 is 1.18 bits per heavy atom. The van der Waals surface area contributed by atoms with Crippen molar-refractivity contribution in [1.29, 1.82) is 5.26 Å². The number of hydrogen-bond acceptors (Lipinski definition) is 7. The summed E-state index contributed by atoms with van der Waals surface area (Å²) in [5.41, 5.74) is 1.91. The van der Waals surface area contributed by atoms with Gasteiger partial charge in [0.25, 0.3) is 5.91 Å². The predicted molar refractivity (Wildman–Crippen MR) is 126 cm³/mol. The van der Waals surface area contributed by atoms with Crippen LogP contribution < -0.4 is 14.8 Å². The van der Waals surface area contributed by atoms with E-state index < -0.39 is 11.9 Å². The van der Waals surface area contributed by atoms with Crippen LogP contribution in [0.1, 0.15) is 33.8 Å². The molecule has 3 aromatic carbocycles. The van der Waals surface area contributed by atoms with Crippen molar-refractivity contribution in [2.24, 2.45) is 0 Å². The van der Waals surface area contributed by atoms with Gasteiger partial charge in [0, 0.05) is 17.2 Å². The molecule has 0 saturated heterocycles.